The van der Waals surface area contributed by atoms with Crippen molar-refractivity contribution in [1.29, 1.82) is 0 Å². The van der Waals surface area contributed by atoms with E-state index in [2.05, 4.69) is 64.9 Å². The Kier molecular flexibility index (Phi) is 9.64. The lowest BCUT2D eigenvalue weighted by atomic mass is 10.1. The molecular formula is C23H33N5O2. The third kappa shape index (κ3) is 8.11. The predicted octanol–water partition coefficient (Wildman–Crippen LogP) is 2.91. The van der Waals surface area contributed by atoms with Crippen molar-refractivity contribution >= 4 is 11.9 Å². The van der Waals surface area contributed by atoms with Gasteiger partial charge >= 0.3 is 0 Å². The van der Waals surface area contributed by atoms with Crippen molar-refractivity contribution in [2.24, 2.45) is 10.9 Å². The number of carbonyl (C=O) groups is 1. The maximum absolute atomic E-state index is 12.0. The molecule has 0 aliphatic heterocycles. The van der Waals surface area contributed by atoms with E-state index >= 15 is 0 Å². The lowest BCUT2D eigenvalue weighted by Gasteiger charge is -2.16. The van der Waals surface area contributed by atoms with E-state index in [-0.39, 0.29) is 5.91 Å². The van der Waals surface area contributed by atoms with Crippen LogP contribution in [0, 0.1) is 12.8 Å². The van der Waals surface area contributed by atoms with Gasteiger partial charge in [-0.1, -0.05) is 26.0 Å². The van der Waals surface area contributed by atoms with Gasteiger partial charge in [0.15, 0.2) is 5.96 Å². The van der Waals surface area contributed by atoms with Gasteiger partial charge in [0.25, 0.3) is 5.91 Å². The Hall–Kier alpha value is -3.09. The van der Waals surface area contributed by atoms with Gasteiger partial charge in [-0.15, -0.1) is 0 Å². The number of nitrogens with zero attached hydrogens (tertiary/aromatic N) is 2. The van der Waals surface area contributed by atoms with Gasteiger partial charge in [-0.25, -0.2) is 0 Å². The zero-order valence-electron chi connectivity index (χ0n) is 18.4. The molecule has 0 bridgehead atoms. The number of guanidine groups is 1. The van der Waals surface area contributed by atoms with E-state index in [1.165, 1.54) is 5.56 Å². The highest BCUT2D eigenvalue weighted by molar-refractivity contribution is 5.93. The Labute approximate surface area is 179 Å². The number of ether oxygens (including phenoxy) is 1. The smallest absolute Gasteiger partial charge is 0.252 e. The first-order chi connectivity index (χ1) is 14.5. The fraction of sp³-hybridized carbons (Fsp3) is 0.435. The maximum Gasteiger partial charge on any atom is 0.252 e. The van der Waals surface area contributed by atoms with Crippen LogP contribution in [0.4, 0.5) is 0 Å². The number of carbonyl (C=O) groups excluding carboxylic acids is 1. The van der Waals surface area contributed by atoms with Crippen molar-refractivity contribution in [1.82, 2.24) is 20.9 Å². The van der Waals surface area contributed by atoms with Gasteiger partial charge in [0, 0.05) is 44.6 Å². The summed E-state index contributed by atoms with van der Waals surface area (Å²) in [5.41, 5.74) is 2.80. The van der Waals surface area contributed by atoms with E-state index in [9.17, 15) is 4.79 Å². The molecule has 1 amide bonds. The van der Waals surface area contributed by atoms with Gasteiger partial charge in [-0.2, -0.15) is 0 Å². The van der Waals surface area contributed by atoms with Crippen LogP contribution in [-0.2, 0) is 6.54 Å². The second-order valence-electron chi connectivity index (χ2n) is 7.49. The summed E-state index contributed by atoms with van der Waals surface area (Å²) in [6, 6.07) is 9.70. The number of amides is 1. The summed E-state index contributed by atoms with van der Waals surface area (Å²) in [5.74, 6) is 2.04. The number of benzene rings is 1. The molecule has 0 radical (unpaired) electrons. The minimum Gasteiger partial charge on any atom is -0.493 e. The summed E-state index contributed by atoms with van der Waals surface area (Å²) in [6.45, 7) is 8.77. The molecule has 1 aromatic heterocycles. The summed E-state index contributed by atoms with van der Waals surface area (Å²) in [7, 11) is 1.72. The summed E-state index contributed by atoms with van der Waals surface area (Å²) in [5, 5.41) is 9.36. The van der Waals surface area contributed by atoms with Crippen LogP contribution in [0.25, 0.3) is 0 Å². The molecule has 7 heteroatoms. The summed E-state index contributed by atoms with van der Waals surface area (Å²) < 4.78 is 6.01. The van der Waals surface area contributed by atoms with Crippen LogP contribution < -0.4 is 20.7 Å². The van der Waals surface area contributed by atoms with E-state index < -0.39 is 0 Å². The standard InChI is InChI=1S/C23H33N5O2/c1-17(2)9-13-30-21-14-18(3)7-8-19(21)16-28-23(24-4)27-12-11-26-22(29)20-6-5-10-25-15-20/h5-8,10,14-15,17H,9,11-13,16H2,1-4H3,(H,26,29)(H2,24,27,28). The van der Waals surface area contributed by atoms with Crippen molar-refractivity contribution in [2.75, 3.05) is 26.7 Å². The van der Waals surface area contributed by atoms with Gasteiger partial charge < -0.3 is 20.7 Å². The minimum atomic E-state index is -0.143. The highest BCUT2D eigenvalue weighted by atomic mass is 16.5. The first-order valence-electron chi connectivity index (χ1n) is 10.3. The van der Waals surface area contributed by atoms with Gasteiger partial charge in [0.1, 0.15) is 5.75 Å². The van der Waals surface area contributed by atoms with Crippen LogP contribution in [-0.4, -0.2) is 43.6 Å². The lowest BCUT2D eigenvalue weighted by molar-refractivity contribution is 0.0954. The van der Waals surface area contributed by atoms with Crippen LogP contribution in [0.15, 0.2) is 47.7 Å². The third-order valence-electron chi connectivity index (χ3n) is 4.47. The van der Waals surface area contributed by atoms with E-state index in [0.717, 1.165) is 17.7 Å². The second-order valence-corrected chi connectivity index (χ2v) is 7.49. The normalized spacial score (nSPS) is 11.3. The molecule has 2 rings (SSSR count). The Balaban J connectivity index is 1.79. The molecule has 0 saturated carbocycles. The molecule has 0 fully saturated rings. The molecule has 0 aliphatic rings. The molecule has 0 spiro atoms. The summed E-state index contributed by atoms with van der Waals surface area (Å²) in [4.78, 5) is 20.2. The second kappa shape index (κ2) is 12.5. The van der Waals surface area contributed by atoms with E-state index in [4.69, 9.17) is 4.74 Å². The molecule has 3 N–H and O–H groups in total. The molecule has 1 heterocycles. The average Bonchev–Trinajstić information content (AvgIpc) is 2.74. The fourth-order valence-electron chi connectivity index (χ4n) is 2.70. The Bertz CT molecular complexity index is 822. The molecule has 30 heavy (non-hydrogen) atoms. The zero-order chi connectivity index (χ0) is 21.8. The van der Waals surface area contributed by atoms with Crippen molar-refractivity contribution in [3.63, 3.8) is 0 Å². The fourth-order valence-corrected chi connectivity index (χ4v) is 2.70. The van der Waals surface area contributed by atoms with Crippen molar-refractivity contribution in [3.8, 4) is 5.75 Å². The van der Waals surface area contributed by atoms with E-state index in [1.807, 2.05) is 0 Å². The van der Waals surface area contributed by atoms with E-state index in [0.29, 0.717) is 43.7 Å². The number of aryl methyl sites for hydroxylation is 1. The molecule has 0 unspecified atom stereocenters. The molecule has 2 aromatic rings. The van der Waals surface area contributed by atoms with Crippen LogP contribution in [0.1, 0.15) is 41.8 Å². The van der Waals surface area contributed by atoms with Gasteiger partial charge in [0.2, 0.25) is 0 Å². The number of pyridine rings is 1. The van der Waals surface area contributed by atoms with Gasteiger partial charge in [-0.05, 0) is 43.0 Å². The first-order valence-corrected chi connectivity index (χ1v) is 10.3. The largest absolute Gasteiger partial charge is 0.493 e. The van der Waals surface area contributed by atoms with Crippen LogP contribution in [0.3, 0.4) is 0 Å². The minimum absolute atomic E-state index is 0.143. The topological polar surface area (TPSA) is 87.6 Å². The predicted molar refractivity (Wildman–Crippen MR) is 121 cm³/mol. The summed E-state index contributed by atoms with van der Waals surface area (Å²) >= 11 is 0. The molecule has 0 saturated heterocycles. The van der Waals surface area contributed by atoms with E-state index in [1.54, 1.807) is 31.6 Å². The van der Waals surface area contributed by atoms with Gasteiger partial charge in [-0.3, -0.25) is 14.8 Å². The molecule has 1 aromatic carbocycles. The maximum atomic E-state index is 12.0. The number of nitrogens with one attached hydrogen (secondary N) is 3. The summed E-state index contributed by atoms with van der Waals surface area (Å²) in [6.07, 6.45) is 4.21. The quantitative estimate of drug-likeness (QED) is 0.318. The van der Waals surface area contributed by atoms with Crippen LogP contribution in [0.2, 0.25) is 0 Å². The number of aromatic nitrogens is 1. The molecule has 162 valence electrons. The third-order valence-corrected chi connectivity index (χ3v) is 4.47. The number of rotatable bonds is 10. The molecule has 0 aliphatic carbocycles. The highest BCUT2D eigenvalue weighted by Crippen LogP contribution is 2.21. The highest BCUT2D eigenvalue weighted by Gasteiger charge is 2.07. The van der Waals surface area contributed by atoms with Crippen molar-refractivity contribution < 1.29 is 9.53 Å². The Morgan fingerprint density at radius 2 is 1.97 bits per heavy atom. The number of hydrogen-bond acceptors (Lipinski definition) is 4. The number of hydrogen-bond donors (Lipinski definition) is 3. The van der Waals surface area contributed by atoms with Gasteiger partial charge in [0.05, 0.1) is 12.2 Å². The van der Waals surface area contributed by atoms with Crippen LogP contribution in [0.5, 0.6) is 5.75 Å². The Morgan fingerprint density at radius 1 is 1.17 bits per heavy atom. The average molecular weight is 412 g/mol. The molecule has 0 atom stereocenters. The zero-order valence-corrected chi connectivity index (χ0v) is 18.4. The Morgan fingerprint density at radius 3 is 2.67 bits per heavy atom. The monoisotopic (exact) mass is 411 g/mol. The lowest BCUT2D eigenvalue weighted by Crippen LogP contribution is -2.41. The number of aliphatic imine (C=N–C) groups is 1. The molecular weight excluding hydrogens is 378 g/mol. The SMILES string of the molecule is CN=C(NCCNC(=O)c1cccnc1)NCc1ccc(C)cc1OCCC(C)C. The first kappa shape index (κ1) is 23.2. The molecule has 7 nitrogen and oxygen atoms in total. The van der Waals surface area contributed by atoms with Crippen LogP contribution >= 0.6 is 0 Å². The van der Waals surface area contributed by atoms with Crippen molar-refractivity contribution in [3.05, 3.63) is 59.4 Å². The van der Waals surface area contributed by atoms with Crippen molar-refractivity contribution in [2.45, 2.75) is 33.7 Å².